The lowest BCUT2D eigenvalue weighted by Crippen LogP contribution is -2.49. The minimum atomic E-state index is -0.669. The highest BCUT2D eigenvalue weighted by Crippen LogP contribution is 2.28. The third kappa shape index (κ3) is 5.51. The average Bonchev–Trinajstić information content (AvgIpc) is 3.45. The van der Waals surface area contributed by atoms with E-state index in [1.165, 1.54) is 10.9 Å². The Morgan fingerprint density at radius 3 is 2.34 bits per heavy atom. The zero-order valence-electron chi connectivity index (χ0n) is 21.8. The summed E-state index contributed by atoms with van der Waals surface area (Å²) in [6.07, 6.45) is 7.62. The van der Waals surface area contributed by atoms with Crippen molar-refractivity contribution >= 4 is 17.5 Å². The maximum absolute atomic E-state index is 13.6. The normalized spacial score (nSPS) is 15.0. The lowest BCUT2D eigenvalue weighted by Gasteiger charge is -2.26. The zero-order chi connectivity index (χ0) is 26.5. The van der Waals surface area contributed by atoms with Gasteiger partial charge in [0.25, 0.3) is 5.91 Å². The van der Waals surface area contributed by atoms with Crippen molar-refractivity contribution in [3.63, 3.8) is 0 Å². The van der Waals surface area contributed by atoms with Crippen molar-refractivity contribution in [3.8, 4) is 16.8 Å². The van der Waals surface area contributed by atoms with Gasteiger partial charge in [0.2, 0.25) is 5.91 Å². The number of hydrogen-bond acceptors (Lipinski definition) is 5. The van der Waals surface area contributed by atoms with Crippen molar-refractivity contribution < 1.29 is 9.59 Å². The predicted molar refractivity (Wildman–Crippen MR) is 146 cm³/mol. The van der Waals surface area contributed by atoms with Crippen molar-refractivity contribution in [2.75, 3.05) is 5.32 Å². The lowest BCUT2D eigenvalue weighted by molar-refractivity contribution is -0.119. The standard InChI is InChI=1S/C29H33N7O2/c1-19-26(20(2)34-33-19)21-14-16-23(17-15-21)31-29(38)27(22-10-6-3-4-7-11-22)32-28(37)25-18-30-35-36(25)24-12-8-5-9-13-24/h5,8-9,12-18,22,27H,3-4,6-7,10-11H2,1-2H3,(H,31,38)(H,32,37)(H,33,34)/t27-/m0/s1. The van der Waals surface area contributed by atoms with Gasteiger partial charge in [-0.3, -0.25) is 14.7 Å². The van der Waals surface area contributed by atoms with Gasteiger partial charge < -0.3 is 10.6 Å². The van der Waals surface area contributed by atoms with E-state index in [-0.39, 0.29) is 23.4 Å². The Kier molecular flexibility index (Phi) is 7.62. The molecule has 1 fully saturated rings. The third-order valence-corrected chi connectivity index (χ3v) is 7.29. The fourth-order valence-electron chi connectivity index (χ4n) is 5.32. The van der Waals surface area contributed by atoms with E-state index in [0.717, 1.165) is 66.7 Å². The van der Waals surface area contributed by atoms with Crippen LogP contribution in [-0.4, -0.2) is 43.0 Å². The van der Waals surface area contributed by atoms with Gasteiger partial charge in [-0.2, -0.15) is 5.10 Å². The molecule has 9 nitrogen and oxygen atoms in total. The first-order valence-electron chi connectivity index (χ1n) is 13.2. The lowest BCUT2D eigenvalue weighted by atomic mass is 9.91. The first kappa shape index (κ1) is 25.4. The highest BCUT2D eigenvalue weighted by Gasteiger charge is 2.32. The number of aromatic amines is 1. The fourth-order valence-corrected chi connectivity index (χ4v) is 5.32. The van der Waals surface area contributed by atoms with Crippen LogP contribution in [0, 0.1) is 19.8 Å². The first-order valence-corrected chi connectivity index (χ1v) is 13.2. The number of H-pyrrole nitrogens is 1. The fraction of sp³-hybridized carbons (Fsp3) is 0.345. The molecule has 4 aromatic rings. The molecule has 2 amide bonds. The van der Waals surface area contributed by atoms with Gasteiger partial charge in [-0.05, 0) is 62.4 Å². The number of aryl methyl sites for hydroxylation is 2. The second-order valence-corrected chi connectivity index (χ2v) is 9.94. The van der Waals surface area contributed by atoms with Crippen LogP contribution in [0.2, 0.25) is 0 Å². The van der Waals surface area contributed by atoms with Gasteiger partial charge in [-0.1, -0.05) is 61.2 Å². The summed E-state index contributed by atoms with van der Waals surface area (Å²) in [6.45, 7) is 3.96. The highest BCUT2D eigenvalue weighted by molar-refractivity contribution is 6.01. The van der Waals surface area contributed by atoms with E-state index >= 15 is 0 Å². The van der Waals surface area contributed by atoms with Crippen molar-refractivity contribution in [2.45, 2.75) is 58.4 Å². The SMILES string of the molecule is Cc1n[nH]c(C)c1-c1ccc(NC(=O)[C@@H](NC(=O)c2cnnn2-c2ccccc2)C2CCCCCC2)cc1. The van der Waals surface area contributed by atoms with Crippen LogP contribution in [0.15, 0.2) is 60.8 Å². The Bertz CT molecular complexity index is 1360. The maximum Gasteiger partial charge on any atom is 0.272 e. The zero-order valence-corrected chi connectivity index (χ0v) is 21.8. The molecule has 3 N–H and O–H groups in total. The average molecular weight is 512 g/mol. The predicted octanol–water partition coefficient (Wildman–Crippen LogP) is 4.98. The Hall–Kier alpha value is -4.27. The number of aromatic nitrogens is 5. The second-order valence-electron chi connectivity index (χ2n) is 9.94. The van der Waals surface area contributed by atoms with E-state index in [4.69, 9.17) is 0 Å². The number of amides is 2. The largest absolute Gasteiger partial charge is 0.339 e. The van der Waals surface area contributed by atoms with Crippen molar-refractivity contribution in [1.82, 2.24) is 30.5 Å². The van der Waals surface area contributed by atoms with E-state index in [1.54, 1.807) is 0 Å². The van der Waals surface area contributed by atoms with E-state index in [1.807, 2.05) is 68.4 Å². The van der Waals surface area contributed by atoms with Crippen molar-refractivity contribution in [2.24, 2.45) is 5.92 Å². The van der Waals surface area contributed by atoms with Crippen LogP contribution < -0.4 is 10.6 Å². The number of anilines is 1. The molecule has 0 bridgehead atoms. The van der Waals surface area contributed by atoms with E-state index in [2.05, 4.69) is 31.1 Å². The number of nitrogens with one attached hydrogen (secondary N) is 3. The minimum Gasteiger partial charge on any atom is -0.339 e. The van der Waals surface area contributed by atoms with Crippen LogP contribution in [0.25, 0.3) is 16.8 Å². The van der Waals surface area contributed by atoms with Crippen molar-refractivity contribution in [3.05, 3.63) is 77.9 Å². The minimum absolute atomic E-state index is 0.0537. The molecule has 0 radical (unpaired) electrons. The molecule has 1 aliphatic carbocycles. The molecule has 0 unspecified atom stereocenters. The van der Waals surface area contributed by atoms with E-state index < -0.39 is 6.04 Å². The first-order chi connectivity index (χ1) is 18.5. The molecule has 0 spiro atoms. The summed E-state index contributed by atoms with van der Waals surface area (Å²) in [5.41, 5.74) is 5.73. The summed E-state index contributed by atoms with van der Waals surface area (Å²) in [5, 5.41) is 21.4. The van der Waals surface area contributed by atoms with Gasteiger partial charge in [0, 0.05) is 16.9 Å². The number of rotatable bonds is 7. The van der Waals surface area contributed by atoms with Gasteiger partial charge >= 0.3 is 0 Å². The second kappa shape index (κ2) is 11.4. The van der Waals surface area contributed by atoms with Crippen LogP contribution in [0.1, 0.15) is 60.4 Å². The molecule has 2 heterocycles. The summed E-state index contributed by atoms with van der Waals surface area (Å²) in [4.78, 5) is 27.1. The molecule has 2 aromatic carbocycles. The van der Waals surface area contributed by atoms with E-state index in [9.17, 15) is 9.59 Å². The monoisotopic (exact) mass is 511 g/mol. The van der Waals surface area contributed by atoms with Crippen LogP contribution in [0.3, 0.4) is 0 Å². The van der Waals surface area contributed by atoms with Gasteiger partial charge in [-0.25, -0.2) is 4.68 Å². The molecular weight excluding hydrogens is 478 g/mol. The number of nitrogens with zero attached hydrogens (tertiary/aromatic N) is 4. The molecule has 196 valence electrons. The summed E-state index contributed by atoms with van der Waals surface area (Å²) in [7, 11) is 0. The quantitative estimate of drug-likeness (QED) is 0.303. The molecular formula is C29H33N7O2. The number of para-hydroxylation sites is 1. The van der Waals surface area contributed by atoms with Crippen LogP contribution in [0.4, 0.5) is 5.69 Å². The third-order valence-electron chi connectivity index (χ3n) is 7.29. The summed E-state index contributed by atoms with van der Waals surface area (Å²) >= 11 is 0. The maximum atomic E-state index is 13.6. The Balaban J connectivity index is 1.36. The molecule has 2 aromatic heterocycles. The molecule has 1 saturated carbocycles. The topological polar surface area (TPSA) is 118 Å². The number of benzene rings is 2. The van der Waals surface area contributed by atoms with Gasteiger partial charge in [0.15, 0.2) is 5.69 Å². The van der Waals surface area contributed by atoms with Crippen LogP contribution >= 0.6 is 0 Å². The number of carbonyl (C=O) groups excluding carboxylic acids is 2. The van der Waals surface area contributed by atoms with Gasteiger partial charge in [0.1, 0.15) is 6.04 Å². The molecule has 9 heteroatoms. The summed E-state index contributed by atoms with van der Waals surface area (Å²) < 4.78 is 1.50. The molecule has 38 heavy (non-hydrogen) atoms. The molecule has 0 saturated heterocycles. The highest BCUT2D eigenvalue weighted by atomic mass is 16.2. The Labute approximate surface area is 222 Å². The van der Waals surface area contributed by atoms with Crippen LogP contribution in [0.5, 0.6) is 0 Å². The molecule has 1 atom stereocenters. The molecule has 1 aliphatic rings. The Morgan fingerprint density at radius 2 is 1.68 bits per heavy atom. The van der Waals surface area contributed by atoms with Crippen LogP contribution in [-0.2, 0) is 4.79 Å². The summed E-state index contributed by atoms with van der Waals surface area (Å²) in [5.74, 6) is -0.532. The summed E-state index contributed by atoms with van der Waals surface area (Å²) in [6, 6.07) is 16.4. The number of carbonyl (C=O) groups is 2. The smallest absolute Gasteiger partial charge is 0.272 e. The van der Waals surface area contributed by atoms with Crippen molar-refractivity contribution in [1.29, 1.82) is 0 Å². The molecule has 5 rings (SSSR count). The van der Waals surface area contributed by atoms with Gasteiger partial charge in [0.05, 0.1) is 17.6 Å². The Morgan fingerprint density at radius 1 is 0.974 bits per heavy atom. The van der Waals surface area contributed by atoms with Gasteiger partial charge in [-0.15, -0.1) is 5.10 Å². The molecule has 0 aliphatic heterocycles. The van der Waals surface area contributed by atoms with E-state index in [0.29, 0.717) is 5.69 Å². The number of hydrogen-bond donors (Lipinski definition) is 3.